The summed E-state index contributed by atoms with van der Waals surface area (Å²) in [4.78, 5) is 14.8. The van der Waals surface area contributed by atoms with Crippen LogP contribution in [0.25, 0.3) is 0 Å². The number of fused-ring (bicyclic) bond motifs is 1. The van der Waals surface area contributed by atoms with Gasteiger partial charge in [0, 0.05) is 23.6 Å². The van der Waals surface area contributed by atoms with Crippen molar-refractivity contribution in [3.05, 3.63) is 33.8 Å². The molecule has 2 atom stereocenters. The molecule has 5 heteroatoms. The minimum atomic E-state index is -0.0438. The SMILES string of the molecule is Cc1ccc(Br)c(C(=O)NCC2CN3CCCC3CO2)c1. The molecule has 0 saturated carbocycles. The fourth-order valence-corrected chi connectivity index (χ4v) is 3.55. The number of amides is 1. The summed E-state index contributed by atoms with van der Waals surface area (Å²) in [7, 11) is 0. The van der Waals surface area contributed by atoms with Crippen LogP contribution in [0.1, 0.15) is 28.8 Å². The normalized spacial score (nSPS) is 25.6. The van der Waals surface area contributed by atoms with Crippen LogP contribution in [0, 0.1) is 6.92 Å². The van der Waals surface area contributed by atoms with Crippen LogP contribution in [0.15, 0.2) is 22.7 Å². The fraction of sp³-hybridized carbons (Fsp3) is 0.562. The Bertz CT molecular complexity index is 535. The maximum absolute atomic E-state index is 12.3. The zero-order valence-corrected chi connectivity index (χ0v) is 13.9. The number of nitrogens with one attached hydrogen (secondary N) is 1. The fourth-order valence-electron chi connectivity index (χ4n) is 3.12. The van der Waals surface area contributed by atoms with Crippen LogP contribution in [0.4, 0.5) is 0 Å². The van der Waals surface area contributed by atoms with E-state index in [-0.39, 0.29) is 12.0 Å². The molecule has 0 radical (unpaired) electrons. The smallest absolute Gasteiger partial charge is 0.252 e. The second-order valence-corrected chi connectivity index (χ2v) is 6.79. The Morgan fingerprint density at radius 2 is 2.38 bits per heavy atom. The van der Waals surface area contributed by atoms with Crippen molar-refractivity contribution in [2.75, 3.05) is 26.2 Å². The molecule has 0 spiro atoms. The average Bonchev–Trinajstić information content (AvgIpc) is 2.94. The second kappa shape index (κ2) is 6.46. The molecule has 1 amide bonds. The molecule has 0 aromatic heterocycles. The maximum atomic E-state index is 12.3. The van der Waals surface area contributed by atoms with Gasteiger partial charge in [-0.05, 0) is 54.4 Å². The summed E-state index contributed by atoms with van der Waals surface area (Å²) in [5.41, 5.74) is 1.77. The quantitative estimate of drug-likeness (QED) is 0.907. The van der Waals surface area contributed by atoms with E-state index < -0.39 is 0 Å². The molecular formula is C16H21BrN2O2. The minimum Gasteiger partial charge on any atom is -0.373 e. The first-order chi connectivity index (χ1) is 10.1. The number of carbonyl (C=O) groups is 1. The van der Waals surface area contributed by atoms with E-state index >= 15 is 0 Å². The molecule has 2 fully saturated rings. The Balaban J connectivity index is 1.55. The molecule has 0 aliphatic carbocycles. The highest BCUT2D eigenvalue weighted by atomic mass is 79.9. The van der Waals surface area contributed by atoms with Gasteiger partial charge in [0.1, 0.15) is 0 Å². The van der Waals surface area contributed by atoms with Crippen LogP contribution in [0.2, 0.25) is 0 Å². The first kappa shape index (κ1) is 15.0. The first-order valence-electron chi connectivity index (χ1n) is 7.53. The van der Waals surface area contributed by atoms with Gasteiger partial charge in [-0.1, -0.05) is 11.6 Å². The molecule has 21 heavy (non-hydrogen) atoms. The van der Waals surface area contributed by atoms with Crippen molar-refractivity contribution in [3.8, 4) is 0 Å². The number of rotatable bonds is 3. The Labute approximate surface area is 134 Å². The van der Waals surface area contributed by atoms with Gasteiger partial charge in [0.15, 0.2) is 0 Å². The molecule has 1 N–H and O–H groups in total. The lowest BCUT2D eigenvalue weighted by Gasteiger charge is -2.35. The van der Waals surface area contributed by atoms with E-state index in [0.29, 0.717) is 18.2 Å². The number of halogens is 1. The number of benzene rings is 1. The van der Waals surface area contributed by atoms with Crippen molar-refractivity contribution in [1.82, 2.24) is 10.2 Å². The van der Waals surface area contributed by atoms with E-state index in [0.717, 1.165) is 23.2 Å². The predicted molar refractivity (Wildman–Crippen MR) is 85.5 cm³/mol. The molecule has 4 nitrogen and oxygen atoms in total. The molecule has 2 heterocycles. The van der Waals surface area contributed by atoms with E-state index in [1.54, 1.807) is 0 Å². The topological polar surface area (TPSA) is 41.6 Å². The molecule has 2 saturated heterocycles. The van der Waals surface area contributed by atoms with Crippen LogP contribution in [0.3, 0.4) is 0 Å². The van der Waals surface area contributed by atoms with Crippen LogP contribution < -0.4 is 5.32 Å². The molecular weight excluding hydrogens is 332 g/mol. The van der Waals surface area contributed by atoms with Gasteiger partial charge in [0.2, 0.25) is 0 Å². The zero-order chi connectivity index (χ0) is 14.8. The number of morpholine rings is 1. The van der Waals surface area contributed by atoms with Crippen LogP contribution in [-0.4, -0.2) is 49.2 Å². The van der Waals surface area contributed by atoms with Crippen molar-refractivity contribution >= 4 is 21.8 Å². The summed E-state index contributed by atoms with van der Waals surface area (Å²) >= 11 is 3.43. The summed E-state index contributed by atoms with van der Waals surface area (Å²) in [6, 6.07) is 6.40. The summed E-state index contributed by atoms with van der Waals surface area (Å²) in [5, 5.41) is 3.00. The highest BCUT2D eigenvalue weighted by Gasteiger charge is 2.32. The standard InChI is InChI=1S/C16H21BrN2O2/c1-11-4-5-15(17)14(7-11)16(20)18-8-13-9-19-6-2-3-12(19)10-21-13/h4-5,7,12-13H,2-3,6,8-10H2,1H3,(H,18,20). The van der Waals surface area contributed by atoms with Crippen molar-refractivity contribution in [2.24, 2.45) is 0 Å². The van der Waals surface area contributed by atoms with Crippen molar-refractivity contribution in [3.63, 3.8) is 0 Å². The van der Waals surface area contributed by atoms with E-state index in [2.05, 4.69) is 26.1 Å². The summed E-state index contributed by atoms with van der Waals surface area (Å²) in [6.45, 7) is 5.46. The molecule has 114 valence electrons. The van der Waals surface area contributed by atoms with Crippen LogP contribution in [0.5, 0.6) is 0 Å². The molecule has 2 unspecified atom stereocenters. The van der Waals surface area contributed by atoms with Crippen LogP contribution in [-0.2, 0) is 4.74 Å². The highest BCUT2D eigenvalue weighted by Crippen LogP contribution is 2.22. The van der Waals surface area contributed by atoms with Crippen LogP contribution >= 0.6 is 15.9 Å². The average molecular weight is 353 g/mol. The van der Waals surface area contributed by atoms with E-state index in [9.17, 15) is 4.79 Å². The highest BCUT2D eigenvalue weighted by molar-refractivity contribution is 9.10. The van der Waals surface area contributed by atoms with E-state index in [1.165, 1.54) is 19.4 Å². The molecule has 1 aromatic carbocycles. The third-order valence-electron chi connectivity index (χ3n) is 4.32. The molecule has 3 rings (SSSR count). The van der Waals surface area contributed by atoms with Gasteiger partial charge in [-0.2, -0.15) is 0 Å². The number of carbonyl (C=O) groups excluding carboxylic acids is 1. The van der Waals surface area contributed by atoms with E-state index in [4.69, 9.17) is 4.74 Å². The largest absolute Gasteiger partial charge is 0.373 e. The van der Waals surface area contributed by atoms with Crippen molar-refractivity contribution in [1.29, 1.82) is 0 Å². The van der Waals surface area contributed by atoms with Gasteiger partial charge < -0.3 is 10.1 Å². The number of ether oxygens (including phenoxy) is 1. The van der Waals surface area contributed by atoms with Gasteiger partial charge >= 0.3 is 0 Å². The zero-order valence-electron chi connectivity index (χ0n) is 12.3. The predicted octanol–water partition coefficient (Wildman–Crippen LogP) is 2.35. The van der Waals surface area contributed by atoms with Gasteiger partial charge in [-0.3, -0.25) is 9.69 Å². The van der Waals surface area contributed by atoms with Gasteiger partial charge in [-0.15, -0.1) is 0 Å². The summed E-state index contributed by atoms with van der Waals surface area (Å²) in [6.07, 6.45) is 2.62. The molecule has 2 aliphatic heterocycles. The Hall–Kier alpha value is -0.910. The number of nitrogens with zero attached hydrogens (tertiary/aromatic N) is 1. The summed E-state index contributed by atoms with van der Waals surface area (Å²) in [5.74, 6) is -0.0438. The van der Waals surface area contributed by atoms with Gasteiger partial charge in [-0.25, -0.2) is 0 Å². The first-order valence-corrected chi connectivity index (χ1v) is 8.33. The third-order valence-corrected chi connectivity index (χ3v) is 5.01. The summed E-state index contributed by atoms with van der Waals surface area (Å²) < 4.78 is 6.69. The lowest BCUT2D eigenvalue weighted by Crippen LogP contribution is -2.50. The molecule has 1 aromatic rings. The van der Waals surface area contributed by atoms with Crippen molar-refractivity contribution < 1.29 is 9.53 Å². The maximum Gasteiger partial charge on any atom is 0.252 e. The Kier molecular flexibility index (Phi) is 4.62. The number of aryl methyl sites for hydroxylation is 1. The van der Waals surface area contributed by atoms with E-state index in [1.807, 2.05) is 25.1 Å². The second-order valence-electron chi connectivity index (χ2n) is 5.94. The molecule has 2 aliphatic rings. The Morgan fingerprint density at radius 3 is 3.24 bits per heavy atom. The third kappa shape index (κ3) is 3.47. The Morgan fingerprint density at radius 1 is 1.52 bits per heavy atom. The number of hydrogen-bond donors (Lipinski definition) is 1. The lowest BCUT2D eigenvalue weighted by atomic mass is 10.1. The van der Waals surface area contributed by atoms with Gasteiger partial charge in [0.05, 0.1) is 18.3 Å². The number of hydrogen-bond acceptors (Lipinski definition) is 3. The monoisotopic (exact) mass is 352 g/mol. The lowest BCUT2D eigenvalue weighted by molar-refractivity contribution is -0.0461. The molecule has 0 bridgehead atoms. The minimum absolute atomic E-state index is 0.0438. The van der Waals surface area contributed by atoms with Gasteiger partial charge in [0.25, 0.3) is 5.91 Å². The van der Waals surface area contributed by atoms with Crippen molar-refractivity contribution in [2.45, 2.75) is 31.9 Å².